The lowest BCUT2D eigenvalue weighted by molar-refractivity contribution is 0.240. The van der Waals surface area contributed by atoms with Crippen molar-refractivity contribution >= 4 is 0 Å². The zero-order valence-electron chi connectivity index (χ0n) is 9.24. The highest BCUT2D eigenvalue weighted by atomic mass is 16.5. The van der Waals surface area contributed by atoms with Crippen molar-refractivity contribution in [2.45, 2.75) is 26.2 Å². The lowest BCUT2D eigenvalue weighted by atomic mass is 10.0. The molecular weight excluding hydrogens is 196 g/mol. The molecule has 1 N–H and O–H groups in total. The highest BCUT2D eigenvalue weighted by Gasteiger charge is 2.15. The van der Waals surface area contributed by atoms with Crippen molar-refractivity contribution in [1.82, 2.24) is 0 Å². The Hall–Kier alpha value is -1.29. The lowest BCUT2D eigenvalue weighted by Crippen LogP contribution is -2.11. The average Bonchev–Trinajstić information content (AvgIpc) is 2.24. The number of hydrogen-bond acceptors (Lipinski definition) is 4. The smallest absolute Gasteiger partial charge is 0.342 e. The van der Waals surface area contributed by atoms with Crippen molar-refractivity contribution in [3.8, 4) is 5.75 Å². The largest absolute Gasteiger partial charge is 0.496 e. The Morgan fingerprint density at radius 3 is 2.73 bits per heavy atom. The maximum absolute atomic E-state index is 11.4. The Morgan fingerprint density at radius 2 is 2.27 bits per heavy atom. The molecule has 84 valence electrons. The molecule has 0 aliphatic rings. The molecule has 1 heterocycles. The van der Waals surface area contributed by atoms with Crippen molar-refractivity contribution in [2.75, 3.05) is 13.7 Å². The van der Waals surface area contributed by atoms with Crippen LogP contribution in [0.5, 0.6) is 5.75 Å². The Balaban J connectivity index is 3.21. The molecule has 0 amide bonds. The summed E-state index contributed by atoms with van der Waals surface area (Å²) in [7, 11) is 1.51. The first-order chi connectivity index (χ1) is 7.13. The van der Waals surface area contributed by atoms with E-state index in [9.17, 15) is 4.79 Å². The zero-order valence-corrected chi connectivity index (χ0v) is 9.24. The molecule has 0 aromatic carbocycles. The number of aliphatic hydroxyl groups excluding tert-OH is 1. The predicted molar refractivity (Wildman–Crippen MR) is 56.4 cm³/mol. The van der Waals surface area contributed by atoms with Crippen molar-refractivity contribution < 1.29 is 14.3 Å². The van der Waals surface area contributed by atoms with Gasteiger partial charge in [-0.05, 0) is 13.3 Å². The van der Waals surface area contributed by atoms with E-state index in [-0.39, 0.29) is 12.5 Å². The van der Waals surface area contributed by atoms with E-state index in [1.807, 2.05) is 6.92 Å². The SMILES string of the molecule is CC[C@H](CO)c1cc(OC)c(C)c(=O)o1. The van der Waals surface area contributed by atoms with E-state index in [2.05, 4.69) is 0 Å². The third-order valence-electron chi connectivity index (χ3n) is 2.50. The molecule has 1 rings (SSSR count). The molecule has 0 aliphatic heterocycles. The van der Waals surface area contributed by atoms with Crippen molar-refractivity contribution in [2.24, 2.45) is 0 Å². The molecule has 0 bridgehead atoms. The third kappa shape index (κ3) is 2.39. The fraction of sp³-hybridized carbons (Fsp3) is 0.545. The number of ether oxygens (including phenoxy) is 1. The van der Waals surface area contributed by atoms with Gasteiger partial charge in [0.25, 0.3) is 0 Å². The van der Waals surface area contributed by atoms with Crippen LogP contribution in [0.15, 0.2) is 15.3 Å². The number of rotatable bonds is 4. The summed E-state index contributed by atoms with van der Waals surface area (Å²) in [6.07, 6.45) is 0.714. The third-order valence-corrected chi connectivity index (χ3v) is 2.50. The van der Waals surface area contributed by atoms with Gasteiger partial charge in [-0.15, -0.1) is 0 Å². The van der Waals surface area contributed by atoms with Gasteiger partial charge in [0, 0.05) is 12.0 Å². The summed E-state index contributed by atoms with van der Waals surface area (Å²) in [6.45, 7) is 3.53. The predicted octanol–water partition coefficient (Wildman–Crippen LogP) is 1.44. The quantitative estimate of drug-likeness (QED) is 0.820. The second-order valence-electron chi connectivity index (χ2n) is 3.42. The first-order valence-electron chi connectivity index (χ1n) is 4.93. The van der Waals surface area contributed by atoms with Crippen LogP contribution in [0.4, 0.5) is 0 Å². The van der Waals surface area contributed by atoms with E-state index >= 15 is 0 Å². The molecule has 15 heavy (non-hydrogen) atoms. The monoisotopic (exact) mass is 212 g/mol. The fourth-order valence-corrected chi connectivity index (χ4v) is 1.38. The van der Waals surface area contributed by atoms with Crippen LogP contribution in [0.1, 0.15) is 30.6 Å². The second-order valence-corrected chi connectivity index (χ2v) is 3.42. The van der Waals surface area contributed by atoms with Crippen molar-refractivity contribution in [3.05, 3.63) is 27.8 Å². The van der Waals surface area contributed by atoms with Crippen LogP contribution in [-0.4, -0.2) is 18.8 Å². The van der Waals surface area contributed by atoms with E-state index in [1.165, 1.54) is 7.11 Å². The molecule has 0 saturated heterocycles. The second kappa shape index (κ2) is 4.98. The van der Waals surface area contributed by atoms with Gasteiger partial charge < -0.3 is 14.3 Å². The van der Waals surface area contributed by atoms with E-state index in [0.717, 1.165) is 0 Å². The molecule has 0 aliphatic carbocycles. The Morgan fingerprint density at radius 1 is 1.60 bits per heavy atom. The zero-order chi connectivity index (χ0) is 11.4. The van der Waals surface area contributed by atoms with Gasteiger partial charge in [0.2, 0.25) is 0 Å². The van der Waals surface area contributed by atoms with E-state index < -0.39 is 5.63 Å². The van der Waals surface area contributed by atoms with Crippen molar-refractivity contribution in [1.29, 1.82) is 0 Å². The van der Waals surface area contributed by atoms with E-state index in [1.54, 1.807) is 13.0 Å². The van der Waals surface area contributed by atoms with Crippen LogP contribution in [0.25, 0.3) is 0 Å². The van der Waals surface area contributed by atoms with Gasteiger partial charge in [-0.1, -0.05) is 6.92 Å². The topological polar surface area (TPSA) is 59.7 Å². The first-order valence-corrected chi connectivity index (χ1v) is 4.93. The van der Waals surface area contributed by atoms with Crippen LogP contribution in [0, 0.1) is 6.92 Å². The number of methoxy groups -OCH3 is 1. The summed E-state index contributed by atoms with van der Waals surface area (Å²) >= 11 is 0. The number of aliphatic hydroxyl groups is 1. The summed E-state index contributed by atoms with van der Waals surface area (Å²) in [5, 5.41) is 9.10. The standard InChI is InChI=1S/C11H16O4/c1-4-8(6-12)10-5-9(14-3)7(2)11(13)15-10/h5,8,12H,4,6H2,1-3H3/t8-/m1/s1. The molecule has 1 aromatic rings. The normalized spacial score (nSPS) is 12.5. The first kappa shape index (κ1) is 11.8. The van der Waals surface area contributed by atoms with Gasteiger partial charge in [0.15, 0.2) is 0 Å². The molecule has 0 unspecified atom stereocenters. The molecule has 1 atom stereocenters. The molecule has 0 fully saturated rings. The van der Waals surface area contributed by atoms with E-state index in [0.29, 0.717) is 23.5 Å². The van der Waals surface area contributed by atoms with Crippen LogP contribution < -0.4 is 10.4 Å². The fourth-order valence-electron chi connectivity index (χ4n) is 1.38. The Kier molecular flexibility index (Phi) is 3.91. The lowest BCUT2D eigenvalue weighted by Gasteiger charge is -2.12. The van der Waals surface area contributed by atoms with Gasteiger partial charge in [0.1, 0.15) is 11.5 Å². The average molecular weight is 212 g/mol. The van der Waals surface area contributed by atoms with Crippen LogP contribution in [0.3, 0.4) is 0 Å². The van der Waals surface area contributed by atoms with Gasteiger partial charge >= 0.3 is 5.63 Å². The van der Waals surface area contributed by atoms with Crippen LogP contribution >= 0.6 is 0 Å². The maximum Gasteiger partial charge on any atom is 0.342 e. The minimum absolute atomic E-state index is 0.0361. The van der Waals surface area contributed by atoms with Gasteiger partial charge in [-0.25, -0.2) is 4.79 Å². The molecule has 1 aromatic heterocycles. The minimum atomic E-state index is -0.406. The summed E-state index contributed by atoms with van der Waals surface area (Å²) in [5.41, 5.74) is 0.0466. The van der Waals surface area contributed by atoms with Crippen LogP contribution in [0.2, 0.25) is 0 Å². The summed E-state index contributed by atoms with van der Waals surface area (Å²) in [5.74, 6) is 0.841. The molecule has 0 spiro atoms. The Bertz CT molecular complexity index is 377. The van der Waals surface area contributed by atoms with Crippen molar-refractivity contribution in [3.63, 3.8) is 0 Å². The van der Waals surface area contributed by atoms with Gasteiger partial charge in [-0.2, -0.15) is 0 Å². The highest BCUT2D eigenvalue weighted by Crippen LogP contribution is 2.23. The molecule has 0 saturated carbocycles. The molecule has 4 nitrogen and oxygen atoms in total. The summed E-state index contributed by atoms with van der Waals surface area (Å²) in [4.78, 5) is 11.4. The summed E-state index contributed by atoms with van der Waals surface area (Å²) in [6, 6.07) is 1.67. The Labute approximate surface area is 88.5 Å². The number of hydrogen-bond donors (Lipinski definition) is 1. The van der Waals surface area contributed by atoms with E-state index in [4.69, 9.17) is 14.3 Å². The van der Waals surface area contributed by atoms with Gasteiger partial charge in [-0.3, -0.25) is 0 Å². The highest BCUT2D eigenvalue weighted by molar-refractivity contribution is 5.31. The maximum atomic E-state index is 11.4. The minimum Gasteiger partial charge on any atom is -0.496 e. The molecule has 0 radical (unpaired) electrons. The molecular formula is C11H16O4. The summed E-state index contributed by atoms with van der Waals surface area (Å²) < 4.78 is 10.2. The van der Waals surface area contributed by atoms with Gasteiger partial charge in [0.05, 0.1) is 19.3 Å². The molecule has 4 heteroatoms. The van der Waals surface area contributed by atoms with Crippen LogP contribution in [-0.2, 0) is 0 Å².